The van der Waals surface area contributed by atoms with E-state index in [2.05, 4.69) is 0 Å². The maximum absolute atomic E-state index is 13.4. The number of hydrogen-bond acceptors (Lipinski definition) is 3. The predicted molar refractivity (Wildman–Crippen MR) is 71.5 cm³/mol. The number of methoxy groups -OCH3 is 1. The second kappa shape index (κ2) is 6.35. The second-order valence-corrected chi connectivity index (χ2v) is 5.10. The molecule has 1 aromatic carbocycles. The molecule has 0 aromatic heterocycles. The lowest BCUT2D eigenvalue weighted by atomic mass is 10.0. The average molecular weight is 286 g/mol. The highest BCUT2D eigenvalue weighted by Gasteiger charge is 2.29. The lowest BCUT2D eigenvalue weighted by molar-refractivity contribution is -0.148. The highest BCUT2D eigenvalue weighted by atomic mass is 35.5. The molecule has 1 aliphatic rings. The fraction of sp³-hybridized carbons (Fsp3) is 0.500. The van der Waals surface area contributed by atoms with Crippen LogP contribution in [0.4, 0.5) is 4.39 Å². The minimum atomic E-state index is -0.425. The minimum absolute atomic E-state index is 0.136. The van der Waals surface area contributed by atoms with E-state index in [9.17, 15) is 9.18 Å². The third-order valence-corrected chi connectivity index (χ3v) is 3.92. The molecule has 1 saturated heterocycles. The molecule has 1 aliphatic heterocycles. The predicted octanol–water partition coefficient (Wildman–Crippen LogP) is 3.01. The first-order valence-electron chi connectivity index (χ1n) is 6.38. The van der Waals surface area contributed by atoms with Gasteiger partial charge in [0.1, 0.15) is 11.9 Å². The Morgan fingerprint density at radius 2 is 2.32 bits per heavy atom. The molecule has 1 unspecified atom stereocenters. The van der Waals surface area contributed by atoms with Crippen LogP contribution in [0.15, 0.2) is 18.2 Å². The average Bonchev–Trinajstić information content (AvgIpc) is 2.43. The van der Waals surface area contributed by atoms with Gasteiger partial charge in [0.05, 0.1) is 12.1 Å². The van der Waals surface area contributed by atoms with Crippen LogP contribution in [0.25, 0.3) is 0 Å². The maximum Gasteiger partial charge on any atom is 0.323 e. The van der Waals surface area contributed by atoms with Crippen molar-refractivity contribution in [3.8, 4) is 0 Å². The van der Waals surface area contributed by atoms with Crippen molar-refractivity contribution in [2.24, 2.45) is 0 Å². The largest absolute Gasteiger partial charge is 0.468 e. The van der Waals surface area contributed by atoms with Crippen LogP contribution >= 0.6 is 11.6 Å². The van der Waals surface area contributed by atoms with Gasteiger partial charge in [0, 0.05) is 6.54 Å². The molecule has 0 amide bonds. The first kappa shape index (κ1) is 14.3. The molecule has 1 aromatic rings. The van der Waals surface area contributed by atoms with Gasteiger partial charge in [0.2, 0.25) is 0 Å². The summed E-state index contributed by atoms with van der Waals surface area (Å²) in [7, 11) is 1.39. The molecule has 19 heavy (non-hydrogen) atoms. The third kappa shape index (κ3) is 3.25. The van der Waals surface area contributed by atoms with Gasteiger partial charge in [-0.15, -0.1) is 0 Å². The Kier molecular flexibility index (Phi) is 4.77. The fourth-order valence-corrected chi connectivity index (χ4v) is 2.66. The summed E-state index contributed by atoms with van der Waals surface area (Å²) in [5.74, 6) is -0.655. The van der Waals surface area contributed by atoms with E-state index in [1.165, 1.54) is 13.2 Å². The first-order valence-corrected chi connectivity index (χ1v) is 6.76. The normalized spacial score (nSPS) is 20.3. The number of benzene rings is 1. The van der Waals surface area contributed by atoms with Crippen LogP contribution in [0.3, 0.4) is 0 Å². The maximum atomic E-state index is 13.4. The van der Waals surface area contributed by atoms with Crippen molar-refractivity contribution in [3.63, 3.8) is 0 Å². The Morgan fingerprint density at radius 3 is 3.05 bits per heavy atom. The van der Waals surface area contributed by atoms with Crippen LogP contribution in [-0.4, -0.2) is 30.6 Å². The summed E-state index contributed by atoms with van der Waals surface area (Å²) in [5, 5.41) is 0.136. The van der Waals surface area contributed by atoms with Gasteiger partial charge in [-0.1, -0.05) is 30.2 Å². The Bertz CT molecular complexity index is 467. The van der Waals surface area contributed by atoms with E-state index in [1.54, 1.807) is 12.1 Å². The van der Waals surface area contributed by atoms with Crippen molar-refractivity contribution in [3.05, 3.63) is 34.6 Å². The van der Waals surface area contributed by atoms with Crippen LogP contribution in [-0.2, 0) is 16.1 Å². The van der Waals surface area contributed by atoms with Gasteiger partial charge >= 0.3 is 5.97 Å². The summed E-state index contributed by atoms with van der Waals surface area (Å²) in [6.07, 6.45) is 2.81. The van der Waals surface area contributed by atoms with Crippen molar-refractivity contribution in [2.45, 2.75) is 31.8 Å². The van der Waals surface area contributed by atoms with Crippen LogP contribution < -0.4 is 0 Å². The third-order valence-electron chi connectivity index (χ3n) is 3.49. The van der Waals surface area contributed by atoms with Gasteiger partial charge in [-0.05, 0) is 31.0 Å². The smallest absolute Gasteiger partial charge is 0.323 e. The van der Waals surface area contributed by atoms with E-state index in [0.29, 0.717) is 12.1 Å². The van der Waals surface area contributed by atoms with E-state index in [-0.39, 0.29) is 17.0 Å². The number of esters is 1. The topological polar surface area (TPSA) is 29.5 Å². The summed E-state index contributed by atoms with van der Waals surface area (Å²) in [6.45, 7) is 1.27. The number of carbonyl (C=O) groups excluding carboxylic acids is 1. The Hall–Kier alpha value is -1.13. The van der Waals surface area contributed by atoms with Crippen LogP contribution in [0.5, 0.6) is 0 Å². The zero-order valence-electron chi connectivity index (χ0n) is 10.9. The lowest BCUT2D eigenvalue weighted by Crippen LogP contribution is -2.44. The Balaban J connectivity index is 2.15. The van der Waals surface area contributed by atoms with Gasteiger partial charge in [0.15, 0.2) is 0 Å². The van der Waals surface area contributed by atoms with Crippen molar-refractivity contribution in [1.29, 1.82) is 0 Å². The van der Waals surface area contributed by atoms with Crippen molar-refractivity contribution in [1.82, 2.24) is 4.90 Å². The summed E-state index contributed by atoms with van der Waals surface area (Å²) in [6, 6.07) is 4.50. The molecular formula is C14H17ClFNO2. The molecule has 0 N–H and O–H groups in total. The standard InChI is InChI=1S/C14H17ClFNO2/c1-19-14(18)12-7-2-3-8-17(12)9-10-5-4-6-11(16)13(10)15/h4-6,12H,2-3,7-9H2,1H3. The summed E-state index contributed by atoms with van der Waals surface area (Å²) < 4.78 is 18.2. The number of piperidine rings is 1. The fourth-order valence-electron chi connectivity index (χ4n) is 2.47. The molecule has 2 rings (SSSR count). The summed E-state index contributed by atoms with van der Waals surface area (Å²) in [5.41, 5.74) is 0.706. The first-order chi connectivity index (χ1) is 9.13. The molecule has 0 bridgehead atoms. The van der Waals surface area contributed by atoms with Crippen molar-refractivity contribution >= 4 is 17.6 Å². The van der Waals surface area contributed by atoms with E-state index in [0.717, 1.165) is 25.8 Å². The number of likely N-dealkylation sites (tertiary alicyclic amines) is 1. The molecule has 1 atom stereocenters. The van der Waals surface area contributed by atoms with Crippen molar-refractivity contribution in [2.75, 3.05) is 13.7 Å². The zero-order chi connectivity index (χ0) is 13.8. The van der Waals surface area contributed by atoms with E-state index in [1.807, 2.05) is 4.90 Å². The van der Waals surface area contributed by atoms with Crippen LogP contribution in [0.1, 0.15) is 24.8 Å². The number of nitrogens with zero attached hydrogens (tertiary/aromatic N) is 1. The van der Waals surface area contributed by atoms with E-state index in [4.69, 9.17) is 16.3 Å². The van der Waals surface area contributed by atoms with Crippen LogP contribution in [0.2, 0.25) is 5.02 Å². The van der Waals surface area contributed by atoms with Gasteiger partial charge in [0.25, 0.3) is 0 Å². The second-order valence-electron chi connectivity index (χ2n) is 4.72. The molecule has 5 heteroatoms. The quantitative estimate of drug-likeness (QED) is 0.800. The zero-order valence-corrected chi connectivity index (χ0v) is 11.6. The van der Waals surface area contributed by atoms with Gasteiger partial charge < -0.3 is 4.74 Å². The van der Waals surface area contributed by atoms with Crippen molar-refractivity contribution < 1.29 is 13.9 Å². The number of hydrogen-bond donors (Lipinski definition) is 0. The monoisotopic (exact) mass is 285 g/mol. The molecule has 0 radical (unpaired) electrons. The number of ether oxygens (including phenoxy) is 1. The van der Waals surface area contributed by atoms with E-state index < -0.39 is 5.82 Å². The number of halogens is 2. The van der Waals surface area contributed by atoms with Gasteiger partial charge in [-0.3, -0.25) is 9.69 Å². The number of rotatable bonds is 3. The molecule has 1 fully saturated rings. The summed E-state index contributed by atoms with van der Waals surface area (Å²) in [4.78, 5) is 13.8. The highest BCUT2D eigenvalue weighted by Crippen LogP contribution is 2.25. The minimum Gasteiger partial charge on any atom is -0.468 e. The molecule has 104 valence electrons. The van der Waals surface area contributed by atoms with E-state index >= 15 is 0 Å². The molecule has 0 saturated carbocycles. The molecule has 1 heterocycles. The summed E-state index contributed by atoms with van der Waals surface area (Å²) >= 11 is 5.96. The van der Waals surface area contributed by atoms with Gasteiger partial charge in [-0.2, -0.15) is 0 Å². The lowest BCUT2D eigenvalue weighted by Gasteiger charge is -2.33. The SMILES string of the molecule is COC(=O)C1CCCCN1Cc1cccc(F)c1Cl. The Labute approximate surface area is 117 Å². The number of carbonyl (C=O) groups is 1. The van der Waals surface area contributed by atoms with Crippen LogP contribution in [0, 0.1) is 5.82 Å². The molecule has 3 nitrogen and oxygen atoms in total. The Morgan fingerprint density at radius 1 is 1.53 bits per heavy atom. The highest BCUT2D eigenvalue weighted by molar-refractivity contribution is 6.31. The van der Waals surface area contributed by atoms with Gasteiger partial charge in [-0.25, -0.2) is 4.39 Å². The molecule has 0 spiro atoms. The molecular weight excluding hydrogens is 269 g/mol. The molecule has 0 aliphatic carbocycles.